The Morgan fingerprint density at radius 2 is 1.74 bits per heavy atom. The highest BCUT2D eigenvalue weighted by Crippen LogP contribution is 2.38. The number of ether oxygens (including phenoxy) is 3. The van der Waals surface area contributed by atoms with Crippen LogP contribution in [0.4, 0.5) is 0 Å². The summed E-state index contributed by atoms with van der Waals surface area (Å²) in [6.07, 6.45) is 1.65. The van der Waals surface area contributed by atoms with Crippen LogP contribution in [0.2, 0.25) is 0 Å². The van der Waals surface area contributed by atoms with E-state index in [9.17, 15) is 4.79 Å². The normalized spacial score (nSPS) is 10.4. The summed E-state index contributed by atoms with van der Waals surface area (Å²) >= 11 is 0. The topological polar surface area (TPSA) is 48.0 Å². The average molecular weight is 267 g/mol. The maximum absolute atomic E-state index is 10.8. The fourth-order valence-corrected chi connectivity index (χ4v) is 1.67. The Bertz CT molecular complexity index is 393. The van der Waals surface area contributed by atoms with Crippen molar-refractivity contribution in [1.29, 1.82) is 0 Å². The first-order chi connectivity index (χ1) is 9.12. The van der Waals surface area contributed by atoms with Crippen molar-refractivity contribution < 1.29 is 19.0 Å². The van der Waals surface area contributed by atoms with Gasteiger partial charge in [0.05, 0.1) is 20.8 Å². The second-order valence-electron chi connectivity index (χ2n) is 4.38. The molecule has 19 heavy (non-hydrogen) atoms. The van der Waals surface area contributed by atoms with Gasteiger partial charge in [0.1, 0.15) is 6.29 Å². The van der Waals surface area contributed by atoms with Crippen LogP contribution in [0, 0.1) is 0 Å². The monoisotopic (exact) mass is 267 g/mol. The van der Waals surface area contributed by atoms with E-state index in [0.717, 1.165) is 19.3 Å². The molecule has 0 aliphatic carbocycles. The number of carbonyl (C=O) groups is 1. The molecule has 0 aliphatic heterocycles. The van der Waals surface area contributed by atoms with Crippen molar-refractivity contribution in [2.24, 2.45) is 0 Å². The van der Waals surface area contributed by atoms with E-state index in [1.807, 2.05) is 14.1 Å². The van der Waals surface area contributed by atoms with Gasteiger partial charge >= 0.3 is 0 Å². The fourth-order valence-electron chi connectivity index (χ4n) is 1.67. The second-order valence-corrected chi connectivity index (χ2v) is 4.38. The van der Waals surface area contributed by atoms with Crippen LogP contribution in [-0.4, -0.2) is 52.7 Å². The molecule has 0 N–H and O–H groups in total. The van der Waals surface area contributed by atoms with E-state index < -0.39 is 0 Å². The number of methoxy groups -OCH3 is 2. The van der Waals surface area contributed by atoms with Gasteiger partial charge in [0.2, 0.25) is 5.75 Å². The van der Waals surface area contributed by atoms with Crippen molar-refractivity contribution in [3.63, 3.8) is 0 Å². The standard InChI is InChI=1S/C14H21NO4/c1-15(2)6-5-7-19-14-12(17-3)8-11(10-16)9-13(14)18-4/h8-10H,5-7H2,1-4H3. The lowest BCUT2D eigenvalue weighted by Crippen LogP contribution is -2.15. The molecule has 0 aliphatic rings. The molecule has 5 nitrogen and oxygen atoms in total. The zero-order valence-corrected chi connectivity index (χ0v) is 11.9. The van der Waals surface area contributed by atoms with Gasteiger partial charge < -0.3 is 19.1 Å². The Labute approximate surface area is 114 Å². The van der Waals surface area contributed by atoms with Crippen molar-refractivity contribution >= 4 is 6.29 Å². The molecule has 5 heteroatoms. The van der Waals surface area contributed by atoms with Gasteiger partial charge in [-0.15, -0.1) is 0 Å². The van der Waals surface area contributed by atoms with Crippen LogP contribution in [0.5, 0.6) is 17.2 Å². The van der Waals surface area contributed by atoms with Gasteiger partial charge in [-0.2, -0.15) is 0 Å². The van der Waals surface area contributed by atoms with Gasteiger partial charge in [-0.25, -0.2) is 0 Å². The lowest BCUT2D eigenvalue weighted by Gasteiger charge is -2.15. The van der Waals surface area contributed by atoms with Crippen LogP contribution in [0.15, 0.2) is 12.1 Å². The molecule has 1 aromatic rings. The average Bonchev–Trinajstić information content (AvgIpc) is 2.42. The maximum Gasteiger partial charge on any atom is 0.203 e. The molecular weight excluding hydrogens is 246 g/mol. The molecule has 0 bridgehead atoms. The minimum absolute atomic E-state index is 0.495. The lowest BCUT2D eigenvalue weighted by molar-refractivity contribution is 0.112. The van der Waals surface area contributed by atoms with Gasteiger partial charge in [-0.1, -0.05) is 0 Å². The molecule has 0 amide bonds. The Balaban J connectivity index is 2.82. The highest BCUT2D eigenvalue weighted by molar-refractivity contribution is 5.78. The second kappa shape index (κ2) is 7.63. The number of aldehydes is 1. The summed E-state index contributed by atoms with van der Waals surface area (Å²) < 4.78 is 16.2. The lowest BCUT2D eigenvalue weighted by atomic mass is 10.2. The number of rotatable bonds is 8. The van der Waals surface area contributed by atoms with E-state index in [1.165, 1.54) is 14.2 Å². The number of hydrogen-bond acceptors (Lipinski definition) is 5. The van der Waals surface area contributed by atoms with Gasteiger partial charge in [0.15, 0.2) is 11.5 Å². The van der Waals surface area contributed by atoms with Crippen molar-refractivity contribution in [2.45, 2.75) is 6.42 Å². The van der Waals surface area contributed by atoms with E-state index in [0.29, 0.717) is 29.4 Å². The van der Waals surface area contributed by atoms with Crippen molar-refractivity contribution in [3.8, 4) is 17.2 Å². The summed E-state index contributed by atoms with van der Waals surface area (Å²) in [5.74, 6) is 1.55. The number of hydrogen-bond donors (Lipinski definition) is 0. The predicted molar refractivity (Wildman–Crippen MR) is 73.6 cm³/mol. The quantitative estimate of drug-likeness (QED) is 0.531. The molecule has 0 saturated heterocycles. The Morgan fingerprint density at radius 3 is 2.16 bits per heavy atom. The summed E-state index contributed by atoms with van der Waals surface area (Å²) in [5.41, 5.74) is 0.495. The minimum atomic E-state index is 0.495. The molecule has 0 heterocycles. The first kappa shape index (κ1) is 15.3. The number of carbonyl (C=O) groups excluding carboxylic acids is 1. The Hall–Kier alpha value is -1.75. The number of nitrogens with zero attached hydrogens (tertiary/aromatic N) is 1. The van der Waals surface area contributed by atoms with Gasteiger partial charge in [-0.05, 0) is 32.6 Å². The van der Waals surface area contributed by atoms with Gasteiger partial charge in [0, 0.05) is 12.1 Å². The van der Waals surface area contributed by atoms with Crippen LogP contribution >= 0.6 is 0 Å². The van der Waals surface area contributed by atoms with Gasteiger partial charge in [-0.3, -0.25) is 4.79 Å². The molecule has 0 spiro atoms. The maximum atomic E-state index is 10.8. The third-order valence-electron chi connectivity index (χ3n) is 2.62. The Morgan fingerprint density at radius 1 is 1.16 bits per heavy atom. The molecule has 0 unspecified atom stereocenters. The van der Waals surface area contributed by atoms with Crippen LogP contribution in [0.3, 0.4) is 0 Å². The fraction of sp³-hybridized carbons (Fsp3) is 0.500. The third kappa shape index (κ3) is 4.44. The van der Waals surface area contributed by atoms with Crippen LogP contribution in [-0.2, 0) is 0 Å². The summed E-state index contributed by atoms with van der Waals surface area (Å²) in [7, 11) is 7.10. The summed E-state index contributed by atoms with van der Waals surface area (Å²) in [4.78, 5) is 12.9. The SMILES string of the molecule is COc1cc(C=O)cc(OC)c1OCCCN(C)C. The molecule has 0 atom stereocenters. The van der Waals surface area contributed by atoms with E-state index in [1.54, 1.807) is 12.1 Å². The highest BCUT2D eigenvalue weighted by atomic mass is 16.5. The largest absolute Gasteiger partial charge is 0.493 e. The molecule has 0 radical (unpaired) electrons. The molecule has 0 saturated carbocycles. The molecular formula is C14H21NO4. The molecule has 1 aromatic carbocycles. The molecule has 1 rings (SSSR count). The predicted octanol–water partition coefficient (Wildman–Crippen LogP) is 1.85. The zero-order valence-electron chi connectivity index (χ0n) is 11.9. The van der Waals surface area contributed by atoms with E-state index in [-0.39, 0.29) is 0 Å². The van der Waals surface area contributed by atoms with Crippen LogP contribution < -0.4 is 14.2 Å². The van der Waals surface area contributed by atoms with Crippen LogP contribution in [0.25, 0.3) is 0 Å². The number of benzene rings is 1. The van der Waals surface area contributed by atoms with E-state index >= 15 is 0 Å². The van der Waals surface area contributed by atoms with Crippen LogP contribution in [0.1, 0.15) is 16.8 Å². The first-order valence-electron chi connectivity index (χ1n) is 6.11. The minimum Gasteiger partial charge on any atom is -0.493 e. The first-order valence-corrected chi connectivity index (χ1v) is 6.11. The van der Waals surface area contributed by atoms with Crippen molar-refractivity contribution in [1.82, 2.24) is 4.90 Å². The molecule has 0 fully saturated rings. The summed E-state index contributed by atoms with van der Waals surface area (Å²) in [6, 6.07) is 3.27. The third-order valence-corrected chi connectivity index (χ3v) is 2.62. The van der Waals surface area contributed by atoms with Crippen molar-refractivity contribution in [3.05, 3.63) is 17.7 Å². The summed E-state index contributed by atoms with van der Waals surface area (Å²) in [5, 5.41) is 0. The summed E-state index contributed by atoms with van der Waals surface area (Å²) in [6.45, 7) is 1.50. The van der Waals surface area contributed by atoms with E-state index in [4.69, 9.17) is 14.2 Å². The molecule has 106 valence electrons. The molecule has 0 aromatic heterocycles. The highest BCUT2D eigenvalue weighted by Gasteiger charge is 2.13. The zero-order chi connectivity index (χ0) is 14.3. The van der Waals surface area contributed by atoms with Gasteiger partial charge in [0.25, 0.3) is 0 Å². The van der Waals surface area contributed by atoms with E-state index in [2.05, 4.69) is 4.90 Å². The van der Waals surface area contributed by atoms with Crippen molar-refractivity contribution in [2.75, 3.05) is 41.5 Å². The smallest absolute Gasteiger partial charge is 0.203 e. The Kier molecular flexibility index (Phi) is 6.15.